The molecule has 5 unspecified atom stereocenters. The van der Waals surface area contributed by atoms with Crippen molar-refractivity contribution in [2.75, 3.05) is 20.1 Å². The Morgan fingerprint density at radius 1 is 1.00 bits per heavy atom. The maximum Gasteiger partial charge on any atom is 0.0255 e. The van der Waals surface area contributed by atoms with E-state index in [9.17, 15) is 0 Å². The molecule has 1 saturated heterocycles. The first kappa shape index (κ1) is 15.1. The molecule has 2 heteroatoms. The van der Waals surface area contributed by atoms with Crippen LogP contribution in [0.3, 0.4) is 0 Å². The lowest BCUT2D eigenvalue weighted by molar-refractivity contribution is 0.136. The first-order valence-electron chi connectivity index (χ1n) is 8.65. The molecular weight excluding hydrogens is 256 g/mol. The molecule has 5 atom stereocenters. The molecule has 0 spiro atoms. The Morgan fingerprint density at radius 2 is 1.67 bits per heavy atom. The molecule has 3 rings (SSSR count). The molecule has 0 bridgehead atoms. The third-order valence-electron chi connectivity index (χ3n) is 5.94. The SMILES string of the molecule is CNC1CCC(c2ccccc2)CC1N1CC(C)C(C)C1. The number of likely N-dealkylation sites (N-methyl/N-ethyl adjacent to an activating group) is 1. The monoisotopic (exact) mass is 286 g/mol. The molecule has 1 aliphatic heterocycles. The maximum atomic E-state index is 3.59. The Bertz CT molecular complexity index is 434. The van der Waals surface area contributed by atoms with Gasteiger partial charge in [0.2, 0.25) is 0 Å². The van der Waals surface area contributed by atoms with E-state index in [-0.39, 0.29) is 0 Å². The summed E-state index contributed by atoms with van der Waals surface area (Å²) in [5, 5.41) is 3.59. The van der Waals surface area contributed by atoms with E-state index in [0.717, 1.165) is 17.8 Å². The molecule has 1 N–H and O–H groups in total. The van der Waals surface area contributed by atoms with Crippen LogP contribution in [0.15, 0.2) is 30.3 Å². The number of benzene rings is 1. The Kier molecular flexibility index (Phi) is 4.66. The minimum atomic E-state index is 0.669. The van der Waals surface area contributed by atoms with Gasteiger partial charge in [0.05, 0.1) is 0 Å². The van der Waals surface area contributed by atoms with Gasteiger partial charge < -0.3 is 5.32 Å². The van der Waals surface area contributed by atoms with Gasteiger partial charge in [0, 0.05) is 25.2 Å². The minimum Gasteiger partial charge on any atom is -0.315 e. The molecule has 1 aromatic carbocycles. The molecule has 1 aromatic rings. The second kappa shape index (κ2) is 6.50. The lowest BCUT2D eigenvalue weighted by Gasteiger charge is -2.41. The van der Waals surface area contributed by atoms with E-state index in [4.69, 9.17) is 0 Å². The normalized spacial score (nSPS) is 37.8. The van der Waals surface area contributed by atoms with Crippen molar-refractivity contribution in [1.29, 1.82) is 0 Å². The standard InChI is InChI=1S/C19H30N2/c1-14-12-21(13-15(14)2)19-11-17(9-10-18(19)20-3)16-7-5-4-6-8-16/h4-8,14-15,17-20H,9-13H2,1-3H3. The van der Waals surface area contributed by atoms with Crippen LogP contribution in [0.1, 0.15) is 44.6 Å². The molecule has 2 fully saturated rings. The van der Waals surface area contributed by atoms with Crippen LogP contribution in [0, 0.1) is 11.8 Å². The number of rotatable bonds is 3. The number of likely N-dealkylation sites (tertiary alicyclic amines) is 1. The zero-order valence-corrected chi connectivity index (χ0v) is 13.8. The highest BCUT2D eigenvalue weighted by Crippen LogP contribution is 2.37. The summed E-state index contributed by atoms with van der Waals surface area (Å²) in [5.74, 6) is 2.44. The first-order chi connectivity index (χ1) is 10.2. The van der Waals surface area contributed by atoms with Gasteiger partial charge in [0.1, 0.15) is 0 Å². The van der Waals surface area contributed by atoms with Crippen molar-refractivity contribution in [2.45, 2.75) is 51.1 Å². The van der Waals surface area contributed by atoms with Crippen molar-refractivity contribution in [3.63, 3.8) is 0 Å². The van der Waals surface area contributed by atoms with Crippen LogP contribution in [0.5, 0.6) is 0 Å². The molecule has 1 saturated carbocycles. The third-order valence-corrected chi connectivity index (χ3v) is 5.94. The number of nitrogens with zero attached hydrogens (tertiary/aromatic N) is 1. The highest BCUT2D eigenvalue weighted by atomic mass is 15.2. The van der Waals surface area contributed by atoms with Crippen LogP contribution in [0.25, 0.3) is 0 Å². The van der Waals surface area contributed by atoms with Gasteiger partial charge in [-0.15, -0.1) is 0 Å². The summed E-state index contributed by atoms with van der Waals surface area (Å²) in [4.78, 5) is 2.77. The van der Waals surface area contributed by atoms with Crippen molar-refractivity contribution in [1.82, 2.24) is 10.2 Å². The first-order valence-corrected chi connectivity index (χ1v) is 8.65. The molecule has 1 aliphatic carbocycles. The fourth-order valence-corrected chi connectivity index (χ4v) is 4.36. The Hall–Kier alpha value is -0.860. The summed E-state index contributed by atoms with van der Waals surface area (Å²) < 4.78 is 0. The van der Waals surface area contributed by atoms with E-state index >= 15 is 0 Å². The summed E-state index contributed by atoms with van der Waals surface area (Å²) in [5.41, 5.74) is 1.54. The predicted octanol–water partition coefficient (Wildman–Crippen LogP) is 3.50. The van der Waals surface area contributed by atoms with Gasteiger partial charge in [-0.05, 0) is 49.6 Å². The molecular formula is C19H30N2. The summed E-state index contributed by atoms with van der Waals surface area (Å²) in [6.45, 7) is 7.39. The van der Waals surface area contributed by atoms with E-state index < -0.39 is 0 Å². The summed E-state index contributed by atoms with van der Waals surface area (Å²) in [7, 11) is 2.14. The average Bonchev–Trinajstić information content (AvgIpc) is 2.87. The van der Waals surface area contributed by atoms with Gasteiger partial charge >= 0.3 is 0 Å². The molecule has 0 amide bonds. The molecule has 0 radical (unpaired) electrons. The summed E-state index contributed by atoms with van der Waals surface area (Å²) >= 11 is 0. The lowest BCUT2D eigenvalue weighted by Crippen LogP contribution is -2.51. The minimum absolute atomic E-state index is 0.669. The number of hydrogen-bond donors (Lipinski definition) is 1. The summed E-state index contributed by atoms with van der Waals surface area (Å²) in [6, 6.07) is 12.5. The Balaban J connectivity index is 1.73. The van der Waals surface area contributed by atoms with Crippen molar-refractivity contribution in [3.8, 4) is 0 Å². The van der Waals surface area contributed by atoms with Crippen molar-refractivity contribution >= 4 is 0 Å². The predicted molar refractivity (Wildman–Crippen MR) is 89.6 cm³/mol. The van der Waals surface area contributed by atoms with Crippen LogP contribution < -0.4 is 5.32 Å². The Labute approximate surface area is 129 Å². The lowest BCUT2D eigenvalue weighted by atomic mass is 9.78. The molecule has 2 nitrogen and oxygen atoms in total. The van der Waals surface area contributed by atoms with E-state index in [2.05, 4.69) is 61.4 Å². The van der Waals surface area contributed by atoms with Gasteiger partial charge in [0.25, 0.3) is 0 Å². The fourth-order valence-electron chi connectivity index (χ4n) is 4.36. The molecule has 0 aromatic heterocycles. The van der Waals surface area contributed by atoms with Crippen molar-refractivity contribution in [3.05, 3.63) is 35.9 Å². The van der Waals surface area contributed by atoms with Crippen LogP contribution in [0.4, 0.5) is 0 Å². The second-order valence-electron chi connectivity index (χ2n) is 7.29. The molecule has 21 heavy (non-hydrogen) atoms. The third kappa shape index (κ3) is 3.17. The number of hydrogen-bond acceptors (Lipinski definition) is 2. The fraction of sp³-hybridized carbons (Fsp3) is 0.684. The highest BCUT2D eigenvalue weighted by Gasteiger charge is 2.38. The average molecular weight is 286 g/mol. The van der Waals surface area contributed by atoms with E-state index in [1.54, 1.807) is 0 Å². The molecule has 2 aliphatic rings. The van der Waals surface area contributed by atoms with E-state index in [1.807, 2.05) is 0 Å². The van der Waals surface area contributed by atoms with Crippen LogP contribution >= 0.6 is 0 Å². The van der Waals surface area contributed by atoms with Crippen LogP contribution in [0.2, 0.25) is 0 Å². The summed E-state index contributed by atoms with van der Waals surface area (Å²) in [6.07, 6.45) is 3.94. The topological polar surface area (TPSA) is 15.3 Å². The van der Waals surface area contributed by atoms with E-state index in [1.165, 1.54) is 37.9 Å². The van der Waals surface area contributed by atoms with Crippen molar-refractivity contribution < 1.29 is 0 Å². The van der Waals surface area contributed by atoms with Gasteiger partial charge in [-0.25, -0.2) is 0 Å². The number of nitrogens with one attached hydrogen (secondary N) is 1. The maximum absolute atomic E-state index is 3.59. The quantitative estimate of drug-likeness (QED) is 0.915. The van der Waals surface area contributed by atoms with Crippen LogP contribution in [-0.4, -0.2) is 37.1 Å². The molecule has 116 valence electrons. The van der Waals surface area contributed by atoms with Crippen LogP contribution in [-0.2, 0) is 0 Å². The zero-order valence-electron chi connectivity index (χ0n) is 13.8. The largest absolute Gasteiger partial charge is 0.315 e. The van der Waals surface area contributed by atoms with E-state index in [0.29, 0.717) is 12.1 Å². The van der Waals surface area contributed by atoms with Gasteiger partial charge in [-0.1, -0.05) is 44.2 Å². The van der Waals surface area contributed by atoms with Gasteiger partial charge in [-0.2, -0.15) is 0 Å². The second-order valence-corrected chi connectivity index (χ2v) is 7.29. The van der Waals surface area contributed by atoms with Gasteiger partial charge in [0.15, 0.2) is 0 Å². The van der Waals surface area contributed by atoms with Gasteiger partial charge in [-0.3, -0.25) is 4.90 Å². The van der Waals surface area contributed by atoms with Crippen molar-refractivity contribution in [2.24, 2.45) is 11.8 Å². The zero-order chi connectivity index (χ0) is 14.8. The highest BCUT2D eigenvalue weighted by molar-refractivity contribution is 5.21. The Morgan fingerprint density at radius 3 is 2.29 bits per heavy atom. The molecule has 1 heterocycles. The smallest absolute Gasteiger partial charge is 0.0255 e.